The summed E-state index contributed by atoms with van der Waals surface area (Å²) in [5.41, 5.74) is 1.11. The van der Waals surface area contributed by atoms with Crippen molar-refractivity contribution in [2.75, 3.05) is 20.6 Å². The minimum atomic E-state index is -3.47. The summed E-state index contributed by atoms with van der Waals surface area (Å²) in [7, 11) is -0.110. The molecule has 7 heteroatoms. The first-order valence-corrected chi connectivity index (χ1v) is 7.39. The standard InChI is InChI=1S/C11H22N4O2S/c1-8(2)7-15(5)18(16,17)11-9(3)13-14-10(11)6-12-4/h8,12H,6-7H2,1-5H3,(H,13,14). The largest absolute Gasteiger partial charge is 0.314 e. The van der Waals surface area contributed by atoms with Crippen molar-refractivity contribution >= 4 is 10.0 Å². The average molecular weight is 274 g/mol. The Balaban J connectivity index is 3.15. The van der Waals surface area contributed by atoms with Crippen LogP contribution in [-0.2, 0) is 16.6 Å². The number of aromatic nitrogens is 2. The van der Waals surface area contributed by atoms with E-state index in [1.54, 1.807) is 21.0 Å². The predicted octanol–water partition coefficient (Wildman–Crippen LogP) is 0.714. The first-order chi connectivity index (χ1) is 8.30. The van der Waals surface area contributed by atoms with Crippen LogP contribution in [0.4, 0.5) is 0 Å². The van der Waals surface area contributed by atoms with E-state index in [-0.39, 0.29) is 5.92 Å². The maximum atomic E-state index is 12.5. The van der Waals surface area contributed by atoms with E-state index >= 15 is 0 Å². The Kier molecular flexibility index (Phi) is 4.89. The molecule has 18 heavy (non-hydrogen) atoms. The van der Waals surface area contributed by atoms with E-state index in [0.29, 0.717) is 29.4 Å². The third kappa shape index (κ3) is 3.09. The summed E-state index contributed by atoms with van der Waals surface area (Å²) in [6.45, 7) is 6.62. The van der Waals surface area contributed by atoms with Gasteiger partial charge >= 0.3 is 0 Å². The number of hydrogen-bond acceptors (Lipinski definition) is 4. The van der Waals surface area contributed by atoms with Gasteiger partial charge in [0.25, 0.3) is 0 Å². The molecule has 0 aliphatic carbocycles. The molecule has 0 spiro atoms. The maximum absolute atomic E-state index is 12.5. The van der Waals surface area contributed by atoms with Crippen molar-refractivity contribution in [2.45, 2.75) is 32.2 Å². The Hall–Kier alpha value is -0.920. The number of nitrogens with zero attached hydrogens (tertiary/aromatic N) is 2. The van der Waals surface area contributed by atoms with Gasteiger partial charge in [0, 0.05) is 20.1 Å². The predicted molar refractivity (Wildman–Crippen MR) is 70.7 cm³/mol. The van der Waals surface area contributed by atoms with E-state index < -0.39 is 10.0 Å². The Morgan fingerprint density at radius 1 is 1.44 bits per heavy atom. The number of hydrogen-bond donors (Lipinski definition) is 2. The first kappa shape index (κ1) is 15.1. The quantitative estimate of drug-likeness (QED) is 0.801. The molecule has 0 amide bonds. The van der Waals surface area contributed by atoms with E-state index in [1.807, 2.05) is 13.8 Å². The fourth-order valence-electron chi connectivity index (χ4n) is 1.87. The summed E-state index contributed by atoms with van der Waals surface area (Å²) >= 11 is 0. The van der Waals surface area contributed by atoms with E-state index in [2.05, 4.69) is 15.5 Å². The van der Waals surface area contributed by atoms with Gasteiger partial charge in [-0.05, 0) is 19.9 Å². The van der Waals surface area contributed by atoms with Crippen LogP contribution in [0.15, 0.2) is 4.90 Å². The van der Waals surface area contributed by atoms with Gasteiger partial charge in [0.05, 0.1) is 11.4 Å². The lowest BCUT2D eigenvalue weighted by Crippen LogP contribution is -2.31. The van der Waals surface area contributed by atoms with E-state index in [1.165, 1.54) is 4.31 Å². The van der Waals surface area contributed by atoms with Gasteiger partial charge in [-0.2, -0.15) is 5.10 Å². The molecule has 1 aromatic rings. The van der Waals surface area contributed by atoms with Crippen LogP contribution in [0.2, 0.25) is 0 Å². The summed E-state index contributed by atoms with van der Waals surface area (Å²) in [5, 5.41) is 9.70. The lowest BCUT2D eigenvalue weighted by atomic mass is 10.2. The number of nitrogens with one attached hydrogen (secondary N) is 2. The van der Waals surface area contributed by atoms with E-state index in [4.69, 9.17) is 0 Å². The summed E-state index contributed by atoms with van der Waals surface area (Å²) in [4.78, 5) is 0.292. The SMILES string of the molecule is CNCc1n[nH]c(C)c1S(=O)(=O)N(C)CC(C)C. The molecule has 0 saturated carbocycles. The monoisotopic (exact) mass is 274 g/mol. The number of rotatable bonds is 6. The fourth-order valence-corrected chi connectivity index (χ4v) is 3.52. The molecule has 1 rings (SSSR count). The van der Waals surface area contributed by atoms with E-state index in [9.17, 15) is 8.42 Å². The fraction of sp³-hybridized carbons (Fsp3) is 0.727. The molecular weight excluding hydrogens is 252 g/mol. The lowest BCUT2D eigenvalue weighted by Gasteiger charge is -2.19. The normalized spacial score (nSPS) is 12.6. The molecule has 6 nitrogen and oxygen atoms in total. The summed E-state index contributed by atoms with van der Waals surface area (Å²) in [6, 6.07) is 0. The van der Waals surface area contributed by atoms with Gasteiger partial charge in [-0.3, -0.25) is 5.10 Å². The van der Waals surface area contributed by atoms with Crippen LogP contribution < -0.4 is 5.32 Å². The highest BCUT2D eigenvalue weighted by Crippen LogP contribution is 2.21. The Morgan fingerprint density at radius 3 is 2.56 bits per heavy atom. The van der Waals surface area contributed by atoms with Gasteiger partial charge in [-0.1, -0.05) is 13.8 Å². The second kappa shape index (κ2) is 5.81. The van der Waals surface area contributed by atoms with Crippen LogP contribution in [0.25, 0.3) is 0 Å². The van der Waals surface area contributed by atoms with Crippen LogP contribution in [0.3, 0.4) is 0 Å². The van der Waals surface area contributed by atoms with Gasteiger partial charge in [-0.15, -0.1) is 0 Å². The van der Waals surface area contributed by atoms with Crippen LogP contribution in [0, 0.1) is 12.8 Å². The molecule has 0 fully saturated rings. The highest BCUT2D eigenvalue weighted by atomic mass is 32.2. The molecule has 1 heterocycles. The van der Waals surface area contributed by atoms with Crippen molar-refractivity contribution in [1.29, 1.82) is 0 Å². The molecular formula is C11H22N4O2S. The van der Waals surface area contributed by atoms with Crippen molar-refractivity contribution in [2.24, 2.45) is 5.92 Å². The zero-order valence-corrected chi connectivity index (χ0v) is 12.4. The van der Waals surface area contributed by atoms with Crippen LogP contribution >= 0.6 is 0 Å². The molecule has 0 aliphatic rings. The number of sulfonamides is 1. The Bertz CT molecular complexity index is 493. The summed E-state index contributed by atoms with van der Waals surface area (Å²) < 4.78 is 26.4. The second-order valence-corrected chi connectivity index (χ2v) is 6.82. The smallest absolute Gasteiger partial charge is 0.246 e. The van der Waals surface area contributed by atoms with Crippen LogP contribution in [0.1, 0.15) is 25.2 Å². The highest BCUT2D eigenvalue weighted by Gasteiger charge is 2.28. The molecule has 0 aromatic carbocycles. The number of H-pyrrole nitrogens is 1. The highest BCUT2D eigenvalue weighted by molar-refractivity contribution is 7.89. The third-order valence-electron chi connectivity index (χ3n) is 2.60. The molecule has 0 radical (unpaired) electrons. The molecule has 0 unspecified atom stereocenters. The van der Waals surface area contributed by atoms with Gasteiger partial charge < -0.3 is 5.32 Å². The van der Waals surface area contributed by atoms with Crippen molar-refractivity contribution in [3.05, 3.63) is 11.4 Å². The topological polar surface area (TPSA) is 78.1 Å². The van der Waals surface area contributed by atoms with Gasteiger partial charge in [0.1, 0.15) is 4.90 Å². The summed E-state index contributed by atoms with van der Waals surface area (Å²) in [6.07, 6.45) is 0. The molecule has 0 aliphatic heterocycles. The van der Waals surface area contributed by atoms with Crippen molar-refractivity contribution in [3.63, 3.8) is 0 Å². The van der Waals surface area contributed by atoms with Crippen molar-refractivity contribution in [3.8, 4) is 0 Å². The van der Waals surface area contributed by atoms with Gasteiger partial charge in [-0.25, -0.2) is 12.7 Å². The minimum absolute atomic E-state index is 0.282. The molecule has 0 atom stereocenters. The zero-order valence-electron chi connectivity index (χ0n) is 11.6. The number of aryl methyl sites for hydroxylation is 1. The van der Waals surface area contributed by atoms with E-state index in [0.717, 1.165) is 0 Å². The summed E-state index contributed by atoms with van der Waals surface area (Å²) in [5.74, 6) is 0.282. The Morgan fingerprint density at radius 2 is 2.06 bits per heavy atom. The third-order valence-corrected chi connectivity index (χ3v) is 4.62. The molecule has 1 aromatic heterocycles. The zero-order chi connectivity index (χ0) is 13.9. The van der Waals surface area contributed by atoms with Crippen LogP contribution in [0.5, 0.6) is 0 Å². The molecule has 2 N–H and O–H groups in total. The number of aromatic amines is 1. The Labute approximate surface area is 109 Å². The lowest BCUT2D eigenvalue weighted by molar-refractivity contribution is 0.416. The molecule has 0 saturated heterocycles. The van der Waals surface area contributed by atoms with Gasteiger partial charge in [0.2, 0.25) is 10.0 Å². The van der Waals surface area contributed by atoms with Crippen molar-refractivity contribution in [1.82, 2.24) is 19.8 Å². The first-order valence-electron chi connectivity index (χ1n) is 5.95. The molecule has 0 bridgehead atoms. The van der Waals surface area contributed by atoms with Crippen molar-refractivity contribution < 1.29 is 8.42 Å². The van der Waals surface area contributed by atoms with Gasteiger partial charge in [0.15, 0.2) is 0 Å². The minimum Gasteiger partial charge on any atom is -0.314 e. The second-order valence-electron chi connectivity index (χ2n) is 4.83. The average Bonchev–Trinajstić information content (AvgIpc) is 2.59. The molecule has 104 valence electrons. The maximum Gasteiger partial charge on any atom is 0.246 e. The van der Waals surface area contributed by atoms with Crippen LogP contribution in [-0.4, -0.2) is 43.6 Å².